The van der Waals surface area contributed by atoms with Crippen LogP contribution in [0, 0.1) is 0 Å². The van der Waals surface area contributed by atoms with Crippen molar-refractivity contribution in [1.29, 1.82) is 0 Å². The Hall–Kier alpha value is -2.50. The fraction of sp³-hybridized carbons (Fsp3) is 0.231. The molecule has 1 aromatic heterocycles. The number of anilines is 1. The minimum Gasteiger partial charge on any atom is -0.481 e. The highest BCUT2D eigenvalue weighted by Gasteiger charge is 2.15. The first-order chi connectivity index (χ1) is 9.24. The van der Waals surface area contributed by atoms with Gasteiger partial charge in [-0.3, -0.25) is 4.79 Å². The van der Waals surface area contributed by atoms with Crippen LogP contribution in [-0.4, -0.2) is 29.4 Å². The molecule has 0 saturated heterocycles. The summed E-state index contributed by atoms with van der Waals surface area (Å²) in [4.78, 5) is 14.7. The summed E-state index contributed by atoms with van der Waals surface area (Å²) in [6.45, 7) is 0.552. The van der Waals surface area contributed by atoms with E-state index in [4.69, 9.17) is 14.6 Å². The van der Waals surface area contributed by atoms with Crippen LogP contribution in [0.3, 0.4) is 0 Å². The predicted octanol–water partition coefficient (Wildman–Crippen LogP) is 1.85. The number of fused-ring (bicyclic) bond motifs is 2. The third-order valence-corrected chi connectivity index (χ3v) is 2.89. The van der Waals surface area contributed by atoms with Crippen LogP contribution in [0.15, 0.2) is 24.4 Å². The van der Waals surface area contributed by atoms with Crippen LogP contribution in [0.2, 0.25) is 0 Å². The van der Waals surface area contributed by atoms with Crippen LogP contribution in [0.4, 0.5) is 5.82 Å². The molecule has 1 aliphatic rings. The molecule has 98 valence electrons. The lowest BCUT2D eigenvalue weighted by Crippen LogP contribution is -2.08. The van der Waals surface area contributed by atoms with Gasteiger partial charge in [0.05, 0.1) is 6.42 Å². The van der Waals surface area contributed by atoms with Crippen molar-refractivity contribution < 1.29 is 19.4 Å². The van der Waals surface area contributed by atoms with Crippen molar-refractivity contribution in [3.63, 3.8) is 0 Å². The third-order valence-electron chi connectivity index (χ3n) is 2.89. The maximum Gasteiger partial charge on any atom is 0.305 e. The topological polar surface area (TPSA) is 80.7 Å². The van der Waals surface area contributed by atoms with Gasteiger partial charge in [-0.2, -0.15) is 0 Å². The summed E-state index contributed by atoms with van der Waals surface area (Å²) >= 11 is 0. The Bertz CT molecular complexity index is 642. The van der Waals surface area contributed by atoms with Gasteiger partial charge in [-0.15, -0.1) is 0 Å². The molecule has 2 aromatic rings. The van der Waals surface area contributed by atoms with Crippen molar-refractivity contribution in [3.05, 3.63) is 24.4 Å². The number of carbonyl (C=O) groups is 1. The second-order valence-corrected chi connectivity index (χ2v) is 4.16. The molecule has 6 nitrogen and oxygen atoms in total. The van der Waals surface area contributed by atoms with Gasteiger partial charge >= 0.3 is 5.97 Å². The average molecular weight is 260 g/mol. The highest BCUT2D eigenvalue weighted by atomic mass is 16.7. The van der Waals surface area contributed by atoms with Gasteiger partial charge in [0.2, 0.25) is 6.79 Å². The molecule has 0 atom stereocenters. The number of pyridine rings is 1. The van der Waals surface area contributed by atoms with E-state index >= 15 is 0 Å². The number of aromatic nitrogens is 1. The first kappa shape index (κ1) is 11.6. The zero-order chi connectivity index (χ0) is 13.2. The summed E-state index contributed by atoms with van der Waals surface area (Å²) in [5.74, 6) is 1.21. The Morgan fingerprint density at radius 1 is 1.37 bits per heavy atom. The molecule has 3 rings (SSSR count). The smallest absolute Gasteiger partial charge is 0.305 e. The van der Waals surface area contributed by atoms with E-state index in [0.29, 0.717) is 18.1 Å². The van der Waals surface area contributed by atoms with E-state index in [1.54, 1.807) is 6.20 Å². The predicted molar refractivity (Wildman–Crippen MR) is 68.6 cm³/mol. The van der Waals surface area contributed by atoms with Crippen LogP contribution in [-0.2, 0) is 4.79 Å². The van der Waals surface area contributed by atoms with Gasteiger partial charge in [-0.25, -0.2) is 4.98 Å². The fourth-order valence-electron chi connectivity index (χ4n) is 1.99. The van der Waals surface area contributed by atoms with Gasteiger partial charge in [-0.05, 0) is 23.6 Å². The number of carboxylic acid groups (broad SMARTS) is 1. The van der Waals surface area contributed by atoms with Crippen LogP contribution >= 0.6 is 0 Å². The Morgan fingerprint density at radius 2 is 2.16 bits per heavy atom. The van der Waals surface area contributed by atoms with Crippen molar-refractivity contribution in [3.8, 4) is 11.5 Å². The number of nitrogens with one attached hydrogen (secondary N) is 1. The third kappa shape index (κ3) is 2.24. The number of hydrogen-bond acceptors (Lipinski definition) is 5. The SMILES string of the molecule is O=C(O)CCNc1nccc2cc3c(cc12)OCO3. The Balaban J connectivity index is 1.93. The highest BCUT2D eigenvalue weighted by Crippen LogP contribution is 2.37. The molecule has 0 radical (unpaired) electrons. The van der Waals surface area contributed by atoms with E-state index in [9.17, 15) is 4.79 Å². The maximum absolute atomic E-state index is 10.5. The molecule has 0 fully saturated rings. The molecule has 0 aliphatic carbocycles. The quantitative estimate of drug-likeness (QED) is 0.873. The zero-order valence-corrected chi connectivity index (χ0v) is 10.0. The van der Waals surface area contributed by atoms with Gasteiger partial charge in [0, 0.05) is 18.1 Å². The van der Waals surface area contributed by atoms with E-state index in [2.05, 4.69) is 10.3 Å². The molecule has 0 unspecified atom stereocenters. The van der Waals surface area contributed by atoms with Crippen molar-refractivity contribution in [1.82, 2.24) is 4.98 Å². The van der Waals surface area contributed by atoms with Gasteiger partial charge in [0.1, 0.15) is 5.82 Å². The van der Waals surface area contributed by atoms with E-state index < -0.39 is 5.97 Å². The van der Waals surface area contributed by atoms with Gasteiger partial charge in [-0.1, -0.05) is 0 Å². The minimum atomic E-state index is -0.842. The standard InChI is InChI=1S/C13H12N2O4/c16-12(17)2-4-15-13-9-6-11-10(18-7-19-11)5-8(9)1-3-14-13/h1,3,5-6H,2,4,7H2,(H,14,15)(H,16,17). The summed E-state index contributed by atoms with van der Waals surface area (Å²) < 4.78 is 10.7. The monoisotopic (exact) mass is 260 g/mol. The van der Waals surface area contributed by atoms with Crippen molar-refractivity contribution in [2.45, 2.75) is 6.42 Å². The number of carboxylic acids is 1. The molecule has 0 bridgehead atoms. The molecule has 0 spiro atoms. The maximum atomic E-state index is 10.5. The highest BCUT2D eigenvalue weighted by molar-refractivity contribution is 5.94. The van der Waals surface area contributed by atoms with Crippen LogP contribution in [0.25, 0.3) is 10.8 Å². The molecule has 1 aliphatic heterocycles. The first-order valence-corrected chi connectivity index (χ1v) is 5.88. The van der Waals surface area contributed by atoms with E-state index in [1.807, 2.05) is 18.2 Å². The van der Waals surface area contributed by atoms with Gasteiger partial charge in [0.15, 0.2) is 11.5 Å². The summed E-state index contributed by atoms with van der Waals surface area (Å²) in [5, 5.41) is 13.5. The number of aliphatic carboxylic acids is 1. The first-order valence-electron chi connectivity index (χ1n) is 5.88. The molecular formula is C13H12N2O4. The second-order valence-electron chi connectivity index (χ2n) is 4.16. The number of benzene rings is 1. The fourth-order valence-corrected chi connectivity index (χ4v) is 1.99. The molecule has 1 aromatic carbocycles. The van der Waals surface area contributed by atoms with Crippen molar-refractivity contribution in [2.24, 2.45) is 0 Å². The van der Waals surface area contributed by atoms with E-state index in [0.717, 1.165) is 16.5 Å². The summed E-state index contributed by atoms with van der Waals surface area (Å²) in [5.41, 5.74) is 0. The van der Waals surface area contributed by atoms with E-state index in [-0.39, 0.29) is 13.2 Å². The molecule has 6 heteroatoms. The van der Waals surface area contributed by atoms with Crippen LogP contribution < -0.4 is 14.8 Å². The lowest BCUT2D eigenvalue weighted by atomic mass is 10.1. The lowest BCUT2D eigenvalue weighted by molar-refractivity contribution is -0.136. The van der Waals surface area contributed by atoms with E-state index in [1.165, 1.54) is 0 Å². The number of rotatable bonds is 4. The van der Waals surface area contributed by atoms with Crippen molar-refractivity contribution in [2.75, 3.05) is 18.7 Å². The Kier molecular flexibility index (Phi) is 2.83. The Labute approximate surface area is 109 Å². The lowest BCUT2D eigenvalue weighted by Gasteiger charge is -2.08. The molecule has 0 saturated carbocycles. The van der Waals surface area contributed by atoms with Crippen molar-refractivity contribution >= 4 is 22.6 Å². The zero-order valence-electron chi connectivity index (χ0n) is 10.0. The van der Waals surface area contributed by atoms with Crippen LogP contribution in [0.1, 0.15) is 6.42 Å². The minimum absolute atomic E-state index is 0.0443. The second kappa shape index (κ2) is 4.64. The van der Waals surface area contributed by atoms with Gasteiger partial charge in [0.25, 0.3) is 0 Å². The molecule has 19 heavy (non-hydrogen) atoms. The van der Waals surface area contributed by atoms with Gasteiger partial charge < -0.3 is 19.9 Å². The molecule has 2 heterocycles. The normalized spacial score (nSPS) is 12.6. The molecule has 2 N–H and O–H groups in total. The summed E-state index contributed by atoms with van der Waals surface area (Å²) in [6.07, 6.45) is 1.72. The largest absolute Gasteiger partial charge is 0.481 e. The number of hydrogen-bond donors (Lipinski definition) is 2. The Morgan fingerprint density at radius 3 is 2.95 bits per heavy atom. The summed E-state index contributed by atoms with van der Waals surface area (Å²) in [7, 11) is 0. The average Bonchev–Trinajstić information content (AvgIpc) is 2.83. The van der Waals surface area contributed by atoms with Crippen LogP contribution in [0.5, 0.6) is 11.5 Å². The molecule has 0 amide bonds. The number of ether oxygens (including phenoxy) is 2. The summed E-state index contributed by atoms with van der Waals surface area (Å²) in [6, 6.07) is 5.62. The molecular weight excluding hydrogens is 248 g/mol. The number of nitrogens with zero attached hydrogens (tertiary/aromatic N) is 1.